The van der Waals surface area contributed by atoms with E-state index < -0.39 is 0 Å². The SMILES string of the molecule is Cc1nc(OCc2ccccc2)nc2c1nc(-c1ccccc1)n2-c1ccccc1.[Br-].[C-]#[N+]c1nc(C)c2ncn(-c3ccccc3)c2n1.[Mg+2].[c-]1ccccc1. The summed E-state index contributed by atoms with van der Waals surface area (Å²) in [6, 6.07) is 52.9. The van der Waals surface area contributed by atoms with E-state index in [1.54, 1.807) is 6.33 Å². The van der Waals surface area contributed by atoms with Crippen molar-refractivity contribution in [2.45, 2.75) is 20.5 Å². The Morgan fingerprint density at radius 3 is 1.79 bits per heavy atom. The molecular formula is C44H34BrMgN9O. The summed E-state index contributed by atoms with van der Waals surface area (Å²) < 4.78 is 9.85. The molecule has 4 aromatic heterocycles. The Morgan fingerprint density at radius 2 is 1.20 bits per heavy atom. The number of aryl methyl sites for hydroxylation is 2. The monoisotopic (exact) mass is 807 g/mol. The van der Waals surface area contributed by atoms with Gasteiger partial charge in [-0.3, -0.25) is 9.13 Å². The second-order valence-corrected chi connectivity index (χ2v) is 11.9. The standard InChI is InChI=1S/C25H20N4O.C13H9N5.C6H5.BrH.Mg/c1-18-22-24(28-25(26-18)30-17-19-11-5-2-6-12-19)29(21-15-9-4-10-16-21)23(27-22)20-13-7-3-8-14-20;1-9-11-12(17-13(14-2)16-9)18(8-15-11)10-6-4-3-5-7-10;1-2-4-6-5-3-1;;/h2-16H,17H2,1H3;3-8H,1H3;1-5H;1H;/q;;-1;;+2/p-1. The first kappa shape index (κ1) is 40.9. The summed E-state index contributed by atoms with van der Waals surface area (Å²) in [5.41, 5.74) is 8.45. The molecule has 12 heteroatoms. The number of fused-ring (bicyclic) bond motifs is 2. The van der Waals surface area contributed by atoms with Gasteiger partial charge in [0.05, 0.1) is 5.69 Å². The van der Waals surface area contributed by atoms with E-state index in [1.807, 2.05) is 146 Å². The van der Waals surface area contributed by atoms with Crippen LogP contribution in [-0.4, -0.2) is 62.1 Å². The van der Waals surface area contributed by atoms with Crippen molar-refractivity contribution in [3.63, 3.8) is 0 Å². The summed E-state index contributed by atoms with van der Waals surface area (Å²) in [5.74, 6) is 0.979. The number of nitrogens with zero attached hydrogens (tertiary/aromatic N) is 9. The normalized spacial score (nSPS) is 10.1. The molecule has 0 saturated heterocycles. The zero-order valence-corrected chi connectivity index (χ0v) is 33.7. The van der Waals surface area contributed by atoms with Crippen molar-refractivity contribution in [1.82, 2.24) is 39.0 Å². The predicted molar refractivity (Wildman–Crippen MR) is 216 cm³/mol. The van der Waals surface area contributed by atoms with Gasteiger partial charge in [0.25, 0.3) is 0 Å². The third kappa shape index (κ3) is 9.69. The van der Waals surface area contributed by atoms with Crippen molar-refractivity contribution in [2.24, 2.45) is 0 Å². The maximum atomic E-state index is 7.01. The van der Waals surface area contributed by atoms with Gasteiger partial charge in [-0.15, -0.1) is 11.6 Å². The van der Waals surface area contributed by atoms with Gasteiger partial charge >= 0.3 is 35.0 Å². The molecule has 0 saturated carbocycles. The summed E-state index contributed by atoms with van der Waals surface area (Å²) in [5, 5.41) is 0. The third-order valence-electron chi connectivity index (χ3n) is 8.22. The molecule has 270 valence electrons. The zero-order valence-electron chi connectivity index (χ0n) is 30.7. The maximum absolute atomic E-state index is 7.01. The van der Waals surface area contributed by atoms with Gasteiger partial charge in [-0.2, -0.15) is 51.4 Å². The molecule has 0 radical (unpaired) electrons. The largest absolute Gasteiger partial charge is 2.00 e. The summed E-state index contributed by atoms with van der Waals surface area (Å²) in [7, 11) is 0. The van der Waals surface area contributed by atoms with Crippen molar-refractivity contribution < 1.29 is 21.7 Å². The van der Waals surface area contributed by atoms with E-state index in [-0.39, 0.29) is 46.0 Å². The van der Waals surface area contributed by atoms with Gasteiger partial charge < -0.3 is 26.6 Å². The van der Waals surface area contributed by atoms with Crippen LogP contribution in [0.3, 0.4) is 0 Å². The molecule has 9 rings (SSSR count). The Hall–Kier alpha value is -6.26. The first-order valence-electron chi connectivity index (χ1n) is 17.2. The number of para-hydroxylation sites is 2. The minimum Gasteiger partial charge on any atom is -1.00 e. The topological polar surface area (TPSA) is 101 Å². The van der Waals surface area contributed by atoms with E-state index >= 15 is 0 Å². The zero-order chi connectivity index (χ0) is 37.1. The molecule has 0 fully saturated rings. The van der Waals surface area contributed by atoms with E-state index in [1.165, 1.54) is 0 Å². The third-order valence-corrected chi connectivity index (χ3v) is 8.22. The fourth-order valence-electron chi connectivity index (χ4n) is 5.66. The van der Waals surface area contributed by atoms with Gasteiger partial charge in [0, 0.05) is 16.9 Å². The molecule has 0 atom stereocenters. The average Bonchev–Trinajstić information content (AvgIpc) is 3.86. The van der Waals surface area contributed by atoms with Crippen LogP contribution in [-0.2, 0) is 6.61 Å². The van der Waals surface area contributed by atoms with E-state index in [2.05, 4.69) is 59.7 Å². The van der Waals surface area contributed by atoms with Gasteiger partial charge in [-0.1, -0.05) is 97.1 Å². The number of halogens is 1. The first-order chi connectivity index (χ1) is 26.6. The Labute approximate surface area is 351 Å². The van der Waals surface area contributed by atoms with E-state index in [0.29, 0.717) is 18.3 Å². The number of ether oxygens (including phenoxy) is 1. The van der Waals surface area contributed by atoms with E-state index in [9.17, 15) is 0 Å². The van der Waals surface area contributed by atoms with Crippen molar-refractivity contribution in [3.05, 3.63) is 192 Å². The quantitative estimate of drug-likeness (QED) is 0.147. The number of aromatic nitrogens is 8. The Bertz CT molecular complexity index is 2610. The number of benzene rings is 5. The summed E-state index contributed by atoms with van der Waals surface area (Å²) in [6.07, 6.45) is 1.70. The summed E-state index contributed by atoms with van der Waals surface area (Å²) in [4.78, 5) is 30.1. The van der Waals surface area contributed by atoms with Gasteiger partial charge in [-0.05, 0) is 43.7 Å². The molecule has 0 bridgehead atoms. The van der Waals surface area contributed by atoms with Crippen LogP contribution in [0.2, 0.25) is 0 Å². The molecule has 0 N–H and O–H groups in total. The molecule has 0 aliphatic carbocycles. The summed E-state index contributed by atoms with van der Waals surface area (Å²) >= 11 is 0. The number of hydrogen-bond acceptors (Lipinski definition) is 7. The molecule has 9 aromatic rings. The fraction of sp³-hybridized carbons (Fsp3) is 0.0682. The van der Waals surface area contributed by atoms with Crippen LogP contribution >= 0.6 is 0 Å². The van der Waals surface area contributed by atoms with E-state index in [0.717, 1.165) is 56.4 Å². The summed E-state index contributed by atoms with van der Waals surface area (Å²) in [6.45, 7) is 11.2. The van der Waals surface area contributed by atoms with Crippen molar-refractivity contribution >= 4 is 51.3 Å². The van der Waals surface area contributed by atoms with Gasteiger partial charge in [0.15, 0.2) is 11.2 Å². The minimum atomic E-state index is 0. The predicted octanol–water partition coefficient (Wildman–Crippen LogP) is 6.15. The van der Waals surface area contributed by atoms with E-state index in [4.69, 9.17) is 21.3 Å². The number of imidazole rings is 2. The molecule has 0 spiro atoms. The van der Waals surface area contributed by atoms with Gasteiger partial charge in [0.1, 0.15) is 30.0 Å². The van der Waals surface area contributed by atoms with Crippen LogP contribution in [0.1, 0.15) is 17.0 Å². The van der Waals surface area contributed by atoms with Crippen LogP contribution in [0.5, 0.6) is 6.01 Å². The molecule has 0 amide bonds. The van der Waals surface area contributed by atoms with Gasteiger partial charge in [-0.25, -0.2) is 9.97 Å². The molecule has 0 aliphatic rings. The average molecular weight is 809 g/mol. The second kappa shape index (κ2) is 19.9. The Kier molecular flexibility index (Phi) is 14.5. The molecule has 0 aliphatic heterocycles. The molecular weight excluding hydrogens is 775 g/mol. The van der Waals surface area contributed by atoms with Crippen molar-refractivity contribution in [2.75, 3.05) is 0 Å². The number of hydrogen-bond donors (Lipinski definition) is 0. The second-order valence-electron chi connectivity index (χ2n) is 11.9. The van der Waals surface area contributed by atoms with Crippen LogP contribution in [0.25, 0.3) is 49.9 Å². The molecule has 56 heavy (non-hydrogen) atoms. The Morgan fingerprint density at radius 1 is 0.625 bits per heavy atom. The van der Waals surface area contributed by atoms with Crippen molar-refractivity contribution in [1.29, 1.82) is 0 Å². The first-order valence-corrected chi connectivity index (χ1v) is 17.2. The van der Waals surface area contributed by atoms with Crippen LogP contribution < -0.4 is 21.7 Å². The van der Waals surface area contributed by atoms with Crippen LogP contribution in [0.4, 0.5) is 5.95 Å². The minimum absolute atomic E-state index is 0. The van der Waals surface area contributed by atoms with Crippen molar-refractivity contribution in [3.8, 4) is 28.8 Å². The van der Waals surface area contributed by atoms with Crippen LogP contribution in [0.15, 0.2) is 158 Å². The smallest absolute Gasteiger partial charge is 1.00 e. The molecule has 10 nitrogen and oxygen atoms in total. The fourth-order valence-corrected chi connectivity index (χ4v) is 5.66. The molecule has 5 aromatic carbocycles. The van der Waals surface area contributed by atoms with Crippen LogP contribution in [0, 0.1) is 26.5 Å². The maximum Gasteiger partial charge on any atom is 2.00 e. The number of rotatable bonds is 6. The molecule has 4 heterocycles. The Balaban J connectivity index is 0.000000195. The van der Waals surface area contributed by atoms with Gasteiger partial charge in [0.2, 0.25) is 5.65 Å². The molecule has 0 unspecified atom stereocenters.